The van der Waals surface area contributed by atoms with Gasteiger partial charge in [0.05, 0.1) is 11.4 Å². The van der Waals surface area contributed by atoms with Gasteiger partial charge in [0.25, 0.3) is 0 Å². The number of nitrogens with zero attached hydrogens (tertiary/aromatic N) is 2. The monoisotopic (exact) mass is 357 g/mol. The van der Waals surface area contributed by atoms with Gasteiger partial charge in [-0.3, -0.25) is 5.43 Å². The second-order valence-electron chi connectivity index (χ2n) is 6.84. The van der Waals surface area contributed by atoms with Crippen LogP contribution in [0, 0.1) is 5.41 Å². The fraction of sp³-hybridized carbons (Fsp3) is 0.286. The van der Waals surface area contributed by atoms with E-state index >= 15 is 0 Å². The number of hydrogen-bond acceptors (Lipinski definition) is 3. The molecule has 1 N–H and O–H groups in total. The SMILES string of the molecule is CN(C)CC(C)(C)C(/C=C/c1ccccc1)=N\Nc1ccccc1.Cl. The first-order valence-electron chi connectivity index (χ1n) is 8.24. The van der Waals surface area contributed by atoms with Gasteiger partial charge in [0.2, 0.25) is 0 Å². The van der Waals surface area contributed by atoms with Gasteiger partial charge in [-0.15, -0.1) is 12.4 Å². The zero-order valence-electron chi connectivity index (χ0n) is 15.4. The van der Waals surface area contributed by atoms with Gasteiger partial charge in [-0.1, -0.05) is 68.5 Å². The first kappa shape index (κ1) is 20.9. The average molecular weight is 358 g/mol. The lowest BCUT2D eigenvalue weighted by Crippen LogP contribution is -2.35. The van der Waals surface area contributed by atoms with Crippen LogP contribution >= 0.6 is 12.4 Å². The normalized spacial score (nSPS) is 12.3. The smallest absolute Gasteiger partial charge is 0.0676 e. The van der Waals surface area contributed by atoms with Crippen LogP contribution in [-0.4, -0.2) is 31.3 Å². The zero-order valence-corrected chi connectivity index (χ0v) is 16.3. The number of anilines is 1. The zero-order chi connectivity index (χ0) is 17.4. The van der Waals surface area contributed by atoms with Crippen molar-refractivity contribution in [3.8, 4) is 0 Å². The number of para-hydroxylation sites is 1. The van der Waals surface area contributed by atoms with Crippen molar-refractivity contribution in [2.45, 2.75) is 13.8 Å². The lowest BCUT2D eigenvalue weighted by molar-refractivity contribution is 0.311. The van der Waals surface area contributed by atoms with E-state index in [4.69, 9.17) is 0 Å². The molecule has 2 aromatic rings. The van der Waals surface area contributed by atoms with Crippen LogP contribution in [-0.2, 0) is 0 Å². The Morgan fingerprint density at radius 1 is 1.00 bits per heavy atom. The molecule has 0 spiro atoms. The van der Waals surface area contributed by atoms with E-state index < -0.39 is 0 Å². The number of nitrogens with one attached hydrogen (secondary N) is 1. The maximum Gasteiger partial charge on any atom is 0.0676 e. The summed E-state index contributed by atoms with van der Waals surface area (Å²) >= 11 is 0. The van der Waals surface area contributed by atoms with Crippen molar-refractivity contribution >= 4 is 29.9 Å². The van der Waals surface area contributed by atoms with Crippen molar-refractivity contribution in [2.24, 2.45) is 10.5 Å². The van der Waals surface area contributed by atoms with E-state index in [2.05, 4.69) is 67.7 Å². The predicted octanol–water partition coefficient (Wildman–Crippen LogP) is 5.18. The highest BCUT2D eigenvalue weighted by Gasteiger charge is 2.24. The summed E-state index contributed by atoms with van der Waals surface area (Å²) in [6, 6.07) is 20.3. The molecule has 134 valence electrons. The minimum atomic E-state index is -0.0729. The fourth-order valence-corrected chi connectivity index (χ4v) is 2.66. The highest BCUT2D eigenvalue weighted by atomic mass is 35.5. The summed E-state index contributed by atoms with van der Waals surface area (Å²) in [7, 11) is 4.18. The number of allylic oxidation sites excluding steroid dienone is 1. The minimum absolute atomic E-state index is 0. The van der Waals surface area contributed by atoms with Gasteiger partial charge in [0, 0.05) is 12.0 Å². The Balaban J connectivity index is 0.00000312. The molecule has 0 bridgehead atoms. The van der Waals surface area contributed by atoms with Crippen molar-refractivity contribution in [2.75, 3.05) is 26.1 Å². The molecule has 2 aromatic carbocycles. The van der Waals surface area contributed by atoms with Crippen LogP contribution in [0.2, 0.25) is 0 Å². The van der Waals surface area contributed by atoms with E-state index in [-0.39, 0.29) is 17.8 Å². The third-order valence-corrected chi connectivity index (χ3v) is 3.72. The van der Waals surface area contributed by atoms with Crippen molar-refractivity contribution < 1.29 is 0 Å². The van der Waals surface area contributed by atoms with Gasteiger partial charge in [0.15, 0.2) is 0 Å². The molecule has 0 amide bonds. The number of hydrogen-bond donors (Lipinski definition) is 1. The van der Waals surface area contributed by atoms with Crippen LogP contribution in [0.4, 0.5) is 5.69 Å². The van der Waals surface area contributed by atoms with E-state index in [0.29, 0.717) is 0 Å². The van der Waals surface area contributed by atoms with Gasteiger partial charge in [-0.05, 0) is 37.9 Å². The molecule has 0 fully saturated rings. The molecular weight excluding hydrogens is 330 g/mol. The minimum Gasteiger partial charge on any atom is -0.308 e. The van der Waals surface area contributed by atoms with Gasteiger partial charge in [0.1, 0.15) is 0 Å². The van der Waals surface area contributed by atoms with Crippen LogP contribution in [0.25, 0.3) is 6.08 Å². The van der Waals surface area contributed by atoms with Crippen LogP contribution < -0.4 is 5.43 Å². The summed E-state index contributed by atoms with van der Waals surface area (Å²) in [4.78, 5) is 2.19. The number of benzene rings is 2. The van der Waals surface area contributed by atoms with Crippen LogP contribution in [0.1, 0.15) is 19.4 Å². The third-order valence-electron chi connectivity index (χ3n) is 3.72. The first-order chi connectivity index (χ1) is 11.5. The Hall–Kier alpha value is -2.10. The average Bonchev–Trinajstić information content (AvgIpc) is 2.55. The van der Waals surface area contributed by atoms with E-state index in [1.807, 2.05) is 48.5 Å². The molecule has 0 atom stereocenters. The topological polar surface area (TPSA) is 27.6 Å². The molecule has 0 saturated heterocycles. The highest BCUT2D eigenvalue weighted by molar-refractivity contribution is 6.02. The molecule has 0 aromatic heterocycles. The van der Waals surface area contributed by atoms with Crippen LogP contribution in [0.3, 0.4) is 0 Å². The Labute approximate surface area is 157 Å². The van der Waals surface area contributed by atoms with Crippen LogP contribution in [0.5, 0.6) is 0 Å². The Bertz CT molecular complexity index is 677. The molecular formula is C21H28ClN3. The van der Waals surface area contributed by atoms with Crippen molar-refractivity contribution in [1.82, 2.24) is 4.90 Å². The lowest BCUT2D eigenvalue weighted by Gasteiger charge is -2.28. The highest BCUT2D eigenvalue weighted by Crippen LogP contribution is 2.21. The second-order valence-corrected chi connectivity index (χ2v) is 6.84. The second kappa shape index (κ2) is 10.0. The number of hydrazone groups is 1. The molecule has 0 heterocycles. The standard InChI is InChI=1S/C21H27N3.ClH/c1-21(2,17-24(3)4)20(16-15-18-11-7-5-8-12-18)23-22-19-13-9-6-10-14-19;/h5-16,22H,17H2,1-4H3;1H/b16-15+,23-20-;. The van der Waals surface area contributed by atoms with Gasteiger partial charge < -0.3 is 4.90 Å². The number of rotatable bonds is 7. The summed E-state index contributed by atoms with van der Waals surface area (Å²) in [5.41, 5.74) is 6.28. The van der Waals surface area contributed by atoms with Crippen LogP contribution in [0.15, 0.2) is 71.8 Å². The fourth-order valence-electron chi connectivity index (χ4n) is 2.66. The van der Waals surface area contributed by atoms with E-state index in [1.165, 1.54) is 5.56 Å². The molecule has 3 nitrogen and oxygen atoms in total. The Kier molecular flexibility index (Phi) is 8.39. The maximum absolute atomic E-state index is 4.69. The summed E-state index contributed by atoms with van der Waals surface area (Å²) in [5.74, 6) is 0. The van der Waals surface area contributed by atoms with E-state index in [1.54, 1.807) is 0 Å². The lowest BCUT2D eigenvalue weighted by atomic mass is 9.86. The Morgan fingerprint density at radius 2 is 1.56 bits per heavy atom. The molecule has 4 heteroatoms. The predicted molar refractivity (Wildman–Crippen MR) is 113 cm³/mol. The third kappa shape index (κ3) is 7.12. The summed E-state index contributed by atoms with van der Waals surface area (Å²) in [6.45, 7) is 5.35. The number of halogens is 1. The molecule has 25 heavy (non-hydrogen) atoms. The van der Waals surface area contributed by atoms with Crippen molar-refractivity contribution in [3.05, 3.63) is 72.3 Å². The quantitative estimate of drug-likeness (QED) is 0.546. The molecule has 0 aliphatic rings. The van der Waals surface area contributed by atoms with Gasteiger partial charge >= 0.3 is 0 Å². The molecule has 0 aliphatic heterocycles. The van der Waals surface area contributed by atoms with Crippen molar-refractivity contribution in [1.29, 1.82) is 0 Å². The van der Waals surface area contributed by atoms with E-state index in [0.717, 1.165) is 17.9 Å². The van der Waals surface area contributed by atoms with Gasteiger partial charge in [-0.25, -0.2) is 0 Å². The van der Waals surface area contributed by atoms with Crippen molar-refractivity contribution in [3.63, 3.8) is 0 Å². The summed E-state index contributed by atoms with van der Waals surface area (Å²) in [5, 5.41) is 4.69. The molecule has 0 saturated carbocycles. The summed E-state index contributed by atoms with van der Waals surface area (Å²) in [6.07, 6.45) is 4.22. The van der Waals surface area contributed by atoms with Gasteiger partial charge in [-0.2, -0.15) is 5.10 Å². The molecule has 2 rings (SSSR count). The summed E-state index contributed by atoms with van der Waals surface area (Å²) < 4.78 is 0. The van der Waals surface area contributed by atoms with E-state index in [9.17, 15) is 0 Å². The maximum atomic E-state index is 4.69. The molecule has 0 aliphatic carbocycles. The molecule has 0 unspecified atom stereocenters. The molecule has 0 radical (unpaired) electrons. The Morgan fingerprint density at radius 3 is 2.12 bits per heavy atom. The largest absolute Gasteiger partial charge is 0.308 e. The first-order valence-corrected chi connectivity index (χ1v) is 8.24.